The van der Waals surface area contributed by atoms with Crippen molar-refractivity contribution in [2.75, 3.05) is 10.8 Å². The Hall–Kier alpha value is -3.66. The Balaban J connectivity index is 1.80. The lowest BCUT2D eigenvalue weighted by atomic mass is 10.0. The number of sulfonamides is 1. The summed E-state index contributed by atoms with van der Waals surface area (Å²) >= 11 is 9.57. The fraction of sp³-hybridized carbons (Fsp3) is 0.235. The first-order valence-electron chi connectivity index (χ1n) is 14.3. The fourth-order valence-corrected chi connectivity index (χ4v) is 6.60. The highest BCUT2D eigenvalue weighted by Crippen LogP contribution is 2.27. The molecule has 2 amide bonds. The smallest absolute Gasteiger partial charge is 0.264 e. The molecule has 0 spiro atoms. The van der Waals surface area contributed by atoms with Gasteiger partial charge in [-0.25, -0.2) is 8.42 Å². The van der Waals surface area contributed by atoms with Gasteiger partial charge in [-0.2, -0.15) is 0 Å². The van der Waals surface area contributed by atoms with Gasteiger partial charge in [-0.05, 0) is 66.9 Å². The minimum absolute atomic E-state index is 0.0485. The van der Waals surface area contributed by atoms with E-state index < -0.39 is 28.5 Å². The SMILES string of the molecule is CCC(C)NC(=O)C(Cc1ccccc1)N(Cc1ccc(Cl)cc1)C(=O)CN(c1cccc(Br)c1)S(=O)(=O)c1ccccc1. The van der Waals surface area contributed by atoms with Gasteiger partial charge in [0, 0.05) is 28.5 Å². The summed E-state index contributed by atoms with van der Waals surface area (Å²) in [5.74, 6) is -0.842. The first-order chi connectivity index (χ1) is 21.1. The average molecular weight is 697 g/mol. The summed E-state index contributed by atoms with van der Waals surface area (Å²) in [6.45, 7) is 3.42. The average Bonchev–Trinajstić information content (AvgIpc) is 3.03. The number of carbonyl (C=O) groups is 2. The number of benzene rings is 4. The number of hydrogen-bond acceptors (Lipinski definition) is 4. The second-order valence-corrected chi connectivity index (χ2v) is 13.7. The number of amides is 2. The quantitative estimate of drug-likeness (QED) is 0.166. The second-order valence-electron chi connectivity index (χ2n) is 10.5. The maximum atomic E-state index is 14.5. The predicted octanol–water partition coefficient (Wildman–Crippen LogP) is 6.85. The molecule has 2 unspecified atom stereocenters. The van der Waals surface area contributed by atoms with Gasteiger partial charge >= 0.3 is 0 Å². The van der Waals surface area contributed by atoms with E-state index in [2.05, 4.69) is 21.2 Å². The molecule has 4 aromatic carbocycles. The molecule has 230 valence electrons. The van der Waals surface area contributed by atoms with Gasteiger partial charge in [0.1, 0.15) is 12.6 Å². The van der Waals surface area contributed by atoms with Crippen molar-refractivity contribution < 1.29 is 18.0 Å². The molecule has 0 aromatic heterocycles. The van der Waals surface area contributed by atoms with Crippen LogP contribution in [0.5, 0.6) is 0 Å². The van der Waals surface area contributed by atoms with E-state index in [1.165, 1.54) is 17.0 Å². The summed E-state index contributed by atoms with van der Waals surface area (Å²) in [6, 6.07) is 30.2. The van der Waals surface area contributed by atoms with Crippen LogP contribution in [0.2, 0.25) is 5.02 Å². The third kappa shape index (κ3) is 8.71. The second kappa shape index (κ2) is 15.4. The van der Waals surface area contributed by atoms with Crippen molar-refractivity contribution in [3.05, 3.63) is 130 Å². The van der Waals surface area contributed by atoms with Gasteiger partial charge in [-0.15, -0.1) is 0 Å². The number of halogens is 2. The van der Waals surface area contributed by atoms with Crippen LogP contribution < -0.4 is 9.62 Å². The Morgan fingerprint density at radius 3 is 2.11 bits per heavy atom. The lowest BCUT2D eigenvalue weighted by Crippen LogP contribution is -2.54. The number of hydrogen-bond donors (Lipinski definition) is 1. The minimum atomic E-state index is -4.16. The molecule has 44 heavy (non-hydrogen) atoms. The maximum Gasteiger partial charge on any atom is 0.264 e. The molecule has 2 atom stereocenters. The molecule has 0 aliphatic heterocycles. The maximum absolute atomic E-state index is 14.5. The Labute approximate surface area is 273 Å². The van der Waals surface area contributed by atoms with Crippen molar-refractivity contribution in [3.8, 4) is 0 Å². The fourth-order valence-electron chi connectivity index (χ4n) is 4.66. The zero-order valence-corrected chi connectivity index (χ0v) is 27.7. The molecule has 0 heterocycles. The molecule has 0 radical (unpaired) electrons. The van der Waals surface area contributed by atoms with Crippen molar-refractivity contribution in [1.82, 2.24) is 10.2 Å². The van der Waals surface area contributed by atoms with Gasteiger partial charge in [0.2, 0.25) is 11.8 Å². The highest BCUT2D eigenvalue weighted by Gasteiger charge is 2.35. The molecule has 0 bridgehead atoms. The zero-order chi connectivity index (χ0) is 31.7. The zero-order valence-electron chi connectivity index (χ0n) is 24.6. The van der Waals surface area contributed by atoms with Crippen molar-refractivity contribution in [2.24, 2.45) is 0 Å². The molecular weight excluding hydrogens is 662 g/mol. The van der Waals surface area contributed by atoms with E-state index >= 15 is 0 Å². The number of carbonyl (C=O) groups excluding carboxylic acids is 2. The van der Waals surface area contributed by atoms with Crippen LogP contribution in [0.1, 0.15) is 31.4 Å². The number of nitrogens with zero attached hydrogens (tertiary/aromatic N) is 2. The molecule has 0 saturated heterocycles. The number of nitrogens with one attached hydrogen (secondary N) is 1. The topological polar surface area (TPSA) is 86.8 Å². The van der Waals surface area contributed by atoms with Crippen LogP contribution >= 0.6 is 27.5 Å². The highest BCUT2D eigenvalue weighted by atomic mass is 79.9. The van der Waals surface area contributed by atoms with Gasteiger partial charge in [-0.3, -0.25) is 13.9 Å². The van der Waals surface area contributed by atoms with E-state index in [1.54, 1.807) is 66.7 Å². The lowest BCUT2D eigenvalue weighted by Gasteiger charge is -2.34. The van der Waals surface area contributed by atoms with Gasteiger partial charge in [0.15, 0.2) is 0 Å². The largest absolute Gasteiger partial charge is 0.352 e. The summed E-state index contributed by atoms with van der Waals surface area (Å²) in [5.41, 5.74) is 1.93. The molecule has 10 heteroatoms. The van der Waals surface area contributed by atoms with E-state index in [-0.39, 0.29) is 29.8 Å². The van der Waals surface area contributed by atoms with Gasteiger partial charge in [0.25, 0.3) is 10.0 Å². The Bertz CT molecular complexity index is 1660. The molecular formula is C34H35BrClN3O4S. The predicted molar refractivity (Wildman–Crippen MR) is 179 cm³/mol. The van der Waals surface area contributed by atoms with E-state index in [0.29, 0.717) is 21.6 Å². The standard InChI is InChI=1S/C34H35BrClN3O4S/c1-3-25(2)37-34(41)32(21-26-11-6-4-7-12-26)38(23-27-17-19-29(36)20-18-27)33(40)24-39(30-14-10-13-28(35)22-30)44(42,43)31-15-8-5-9-16-31/h4-20,22,25,32H,3,21,23-24H2,1-2H3,(H,37,41). The van der Waals surface area contributed by atoms with Crippen LogP contribution in [0.3, 0.4) is 0 Å². The lowest BCUT2D eigenvalue weighted by molar-refractivity contribution is -0.140. The summed E-state index contributed by atoms with van der Waals surface area (Å²) in [6.07, 6.45) is 0.950. The first-order valence-corrected chi connectivity index (χ1v) is 16.9. The van der Waals surface area contributed by atoms with Crippen LogP contribution in [0.4, 0.5) is 5.69 Å². The van der Waals surface area contributed by atoms with E-state index in [0.717, 1.165) is 15.4 Å². The van der Waals surface area contributed by atoms with Crippen LogP contribution in [0, 0.1) is 0 Å². The molecule has 4 rings (SSSR count). The minimum Gasteiger partial charge on any atom is -0.352 e. The third-order valence-electron chi connectivity index (χ3n) is 7.24. The molecule has 4 aromatic rings. The highest BCUT2D eigenvalue weighted by molar-refractivity contribution is 9.10. The third-order valence-corrected chi connectivity index (χ3v) is 9.78. The molecule has 1 N–H and O–H groups in total. The molecule has 0 aliphatic carbocycles. The normalized spacial score (nSPS) is 12.6. The Kier molecular flexibility index (Phi) is 11.6. The first kappa shape index (κ1) is 33.2. The summed E-state index contributed by atoms with van der Waals surface area (Å²) in [5, 5.41) is 3.58. The molecule has 7 nitrogen and oxygen atoms in total. The van der Waals surface area contributed by atoms with Crippen molar-refractivity contribution in [1.29, 1.82) is 0 Å². The number of rotatable bonds is 13. The van der Waals surface area contributed by atoms with Crippen molar-refractivity contribution in [2.45, 2.75) is 50.2 Å². The summed E-state index contributed by atoms with van der Waals surface area (Å²) in [7, 11) is -4.16. The van der Waals surface area contributed by atoms with Crippen molar-refractivity contribution in [3.63, 3.8) is 0 Å². The van der Waals surface area contributed by atoms with Gasteiger partial charge in [-0.1, -0.05) is 101 Å². The van der Waals surface area contributed by atoms with Crippen molar-refractivity contribution >= 4 is 55.1 Å². The van der Waals surface area contributed by atoms with Crippen LogP contribution in [-0.2, 0) is 32.6 Å². The van der Waals surface area contributed by atoms with E-state index in [1.807, 2.05) is 44.2 Å². The molecule has 0 saturated carbocycles. The Morgan fingerprint density at radius 1 is 0.864 bits per heavy atom. The van der Waals surface area contributed by atoms with E-state index in [9.17, 15) is 18.0 Å². The van der Waals surface area contributed by atoms with E-state index in [4.69, 9.17) is 11.6 Å². The molecule has 0 aliphatic rings. The van der Waals surface area contributed by atoms with Crippen LogP contribution in [-0.4, -0.2) is 43.8 Å². The van der Waals surface area contributed by atoms with Crippen LogP contribution in [0.25, 0.3) is 0 Å². The number of anilines is 1. The summed E-state index contributed by atoms with van der Waals surface area (Å²) in [4.78, 5) is 29.8. The van der Waals surface area contributed by atoms with Gasteiger partial charge in [0.05, 0.1) is 10.6 Å². The summed E-state index contributed by atoms with van der Waals surface area (Å²) < 4.78 is 29.8. The van der Waals surface area contributed by atoms with Crippen LogP contribution in [0.15, 0.2) is 119 Å². The van der Waals surface area contributed by atoms with Gasteiger partial charge < -0.3 is 10.2 Å². The Morgan fingerprint density at radius 2 is 1.50 bits per heavy atom. The molecule has 0 fully saturated rings. The monoisotopic (exact) mass is 695 g/mol.